The first-order chi connectivity index (χ1) is 12.2. The fraction of sp³-hybridized carbons (Fsp3) is 0.368. The zero-order valence-electron chi connectivity index (χ0n) is 14.5. The highest BCUT2D eigenvalue weighted by atomic mass is 16.5. The van der Waals surface area contributed by atoms with Gasteiger partial charge in [0.05, 0.1) is 26.3 Å². The van der Waals surface area contributed by atoms with Crippen molar-refractivity contribution in [3.63, 3.8) is 0 Å². The first-order valence-corrected chi connectivity index (χ1v) is 8.30. The van der Waals surface area contributed by atoms with Crippen LogP contribution in [0.5, 0.6) is 17.2 Å². The summed E-state index contributed by atoms with van der Waals surface area (Å²) in [4.78, 5) is 18.8. The molecule has 1 aromatic heterocycles. The van der Waals surface area contributed by atoms with Crippen LogP contribution in [0, 0.1) is 0 Å². The summed E-state index contributed by atoms with van der Waals surface area (Å²) in [6.07, 6.45) is 5.18. The summed E-state index contributed by atoms with van der Waals surface area (Å²) < 4.78 is 16.7. The number of hydrogen-bond donors (Lipinski definition) is 0. The number of ether oxygens (including phenoxy) is 3. The minimum Gasteiger partial charge on any atom is -0.493 e. The molecule has 0 aliphatic carbocycles. The average molecular weight is 342 g/mol. The van der Waals surface area contributed by atoms with Crippen LogP contribution in [0.25, 0.3) is 0 Å². The van der Waals surface area contributed by atoms with E-state index in [2.05, 4.69) is 4.98 Å². The second kappa shape index (κ2) is 7.88. The van der Waals surface area contributed by atoms with Crippen LogP contribution in [-0.4, -0.2) is 49.2 Å². The van der Waals surface area contributed by atoms with Crippen molar-refractivity contribution in [3.05, 3.63) is 48.3 Å². The molecule has 1 saturated heterocycles. The number of rotatable bonds is 5. The number of carbonyl (C=O) groups excluding carboxylic acids is 1. The maximum atomic E-state index is 13.0. The molecule has 2 heterocycles. The highest BCUT2D eigenvalue weighted by molar-refractivity contribution is 5.98. The van der Waals surface area contributed by atoms with Crippen LogP contribution in [0.3, 0.4) is 0 Å². The minimum absolute atomic E-state index is 0.0308. The van der Waals surface area contributed by atoms with Crippen LogP contribution < -0.4 is 14.2 Å². The number of nitrogens with zero attached hydrogens (tertiary/aromatic N) is 2. The van der Waals surface area contributed by atoms with E-state index in [4.69, 9.17) is 14.2 Å². The molecule has 1 aromatic carbocycles. The summed E-state index contributed by atoms with van der Waals surface area (Å²) in [6, 6.07) is 8.99. The third kappa shape index (κ3) is 3.84. The highest BCUT2D eigenvalue weighted by Gasteiger charge is 2.28. The van der Waals surface area contributed by atoms with Gasteiger partial charge in [0.2, 0.25) is 0 Å². The normalized spacial score (nSPS) is 17.0. The van der Waals surface area contributed by atoms with Gasteiger partial charge in [-0.1, -0.05) is 6.07 Å². The second-order valence-corrected chi connectivity index (χ2v) is 5.86. The number of likely N-dealkylation sites (tertiary alicyclic amines) is 1. The van der Waals surface area contributed by atoms with Crippen LogP contribution >= 0.6 is 0 Å². The van der Waals surface area contributed by atoms with Gasteiger partial charge in [-0.2, -0.15) is 0 Å². The molecule has 3 rings (SSSR count). The van der Waals surface area contributed by atoms with E-state index in [1.165, 1.54) is 0 Å². The number of hydrogen-bond acceptors (Lipinski definition) is 5. The molecule has 25 heavy (non-hydrogen) atoms. The van der Waals surface area contributed by atoms with Crippen molar-refractivity contribution in [2.75, 3.05) is 27.3 Å². The van der Waals surface area contributed by atoms with Crippen molar-refractivity contribution in [1.29, 1.82) is 0 Å². The van der Waals surface area contributed by atoms with Crippen LogP contribution in [0.2, 0.25) is 0 Å². The summed E-state index contributed by atoms with van der Waals surface area (Å²) in [5.41, 5.74) is 0.506. The van der Waals surface area contributed by atoms with Crippen molar-refractivity contribution < 1.29 is 19.0 Å². The number of amides is 1. The molecule has 2 aromatic rings. The lowest BCUT2D eigenvalue weighted by atomic mass is 10.1. The molecular weight excluding hydrogens is 320 g/mol. The maximum absolute atomic E-state index is 13.0. The Morgan fingerprint density at radius 3 is 2.68 bits per heavy atom. The zero-order chi connectivity index (χ0) is 17.6. The Morgan fingerprint density at radius 2 is 1.96 bits per heavy atom. The van der Waals surface area contributed by atoms with Crippen LogP contribution in [0.4, 0.5) is 0 Å². The van der Waals surface area contributed by atoms with E-state index in [1.807, 2.05) is 17.0 Å². The summed E-state index contributed by atoms with van der Waals surface area (Å²) in [5.74, 6) is 1.72. The second-order valence-electron chi connectivity index (χ2n) is 5.86. The lowest BCUT2D eigenvalue weighted by Gasteiger charge is -2.33. The Hall–Kier alpha value is -2.76. The summed E-state index contributed by atoms with van der Waals surface area (Å²) in [5, 5.41) is 0. The van der Waals surface area contributed by atoms with E-state index >= 15 is 0 Å². The van der Waals surface area contributed by atoms with Crippen LogP contribution in [0.15, 0.2) is 42.7 Å². The molecule has 0 radical (unpaired) electrons. The molecule has 1 aliphatic heterocycles. The molecule has 6 heteroatoms. The van der Waals surface area contributed by atoms with Gasteiger partial charge in [-0.3, -0.25) is 9.78 Å². The summed E-state index contributed by atoms with van der Waals surface area (Å²) in [7, 11) is 3.10. The van der Waals surface area contributed by atoms with E-state index in [1.54, 1.807) is 44.8 Å². The van der Waals surface area contributed by atoms with Gasteiger partial charge < -0.3 is 19.1 Å². The van der Waals surface area contributed by atoms with Gasteiger partial charge in [0, 0.05) is 18.9 Å². The number of piperidine rings is 1. The number of methoxy groups -OCH3 is 2. The van der Waals surface area contributed by atoms with E-state index in [0.29, 0.717) is 30.2 Å². The van der Waals surface area contributed by atoms with Gasteiger partial charge in [0.15, 0.2) is 11.5 Å². The Labute approximate surface area is 147 Å². The minimum atomic E-state index is -0.0706. The number of aromatic nitrogens is 1. The first kappa shape index (κ1) is 17.1. The Morgan fingerprint density at radius 1 is 1.16 bits per heavy atom. The fourth-order valence-electron chi connectivity index (χ4n) is 3.05. The predicted molar refractivity (Wildman–Crippen MR) is 93.3 cm³/mol. The molecule has 6 nitrogen and oxygen atoms in total. The Balaban J connectivity index is 1.74. The van der Waals surface area contributed by atoms with E-state index in [0.717, 1.165) is 18.6 Å². The van der Waals surface area contributed by atoms with Crippen molar-refractivity contribution in [2.45, 2.75) is 18.9 Å². The van der Waals surface area contributed by atoms with Crippen LogP contribution in [-0.2, 0) is 0 Å². The fourth-order valence-corrected chi connectivity index (χ4v) is 3.05. The van der Waals surface area contributed by atoms with Crippen molar-refractivity contribution in [1.82, 2.24) is 9.88 Å². The molecule has 1 atom stereocenters. The molecule has 1 aliphatic rings. The molecule has 132 valence electrons. The molecule has 0 unspecified atom stereocenters. The van der Waals surface area contributed by atoms with E-state index < -0.39 is 0 Å². The molecule has 1 fully saturated rings. The smallest absolute Gasteiger partial charge is 0.257 e. The Bertz CT molecular complexity index is 721. The molecule has 0 spiro atoms. The van der Waals surface area contributed by atoms with E-state index in [9.17, 15) is 4.79 Å². The molecular formula is C19H22N2O4. The number of pyridine rings is 1. The maximum Gasteiger partial charge on any atom is 0.257 e. The number of para-hydroxylation sites is 1. The van der Waals surface area contributed by atoms with Crippen molar-refractivity contribution in [2.24, 2.45) is 0 Å². The highest BCUT2D eigenvalue weighted by Crippen LogP contribution is 2.32. The van der Waals surface area contributed by atoms with Crippen LogP contribution in [0.1, 0.15) is 23.2 Å². The van der Waals surface area contributed by atoms with E-state index in [-0.39, 0.29) is 12.0 Å². The molecule has 1 amide bonds. The first-order valence-electron chi connectivity index (χ1n) is 8.30. The topological polar surface area (TPSA) is 60.9 Å². The van der Waals surface area contributed by atoms with Gasteiger partial charge in [-0.05, 0) is 37.1 Å². The standard InChI is InChI=1S/C19H22N2O4/c1-23-17-7-3-6-16(18(17)24-2)19(22)21-12-4-5-15(13-21)25-14-8-10-20-11-9-14/h3,6-11,15H,4-5,12-13H2,1-2H3/t15-/m1/s1. The third-order valence-corrected chi connectivity index (χ3v) is 4.25. The summed E-state index contributed by atoms with van der Waals surface area (Å²) in [6.45, 7) is 1.25. The van der Waals surface area contributed by atoms with Gasteiger partial charge in [0.1, 0.15) is 11.9 Å². The molecule has 0 bridgehead atoms. The zero-order valence-corrected chi connectivity index (χ0v) is 14.5. The third-order valence-electron chi connectivity index (χ3n) is 4.25. The SMILES string of the molecule is COc1cccc(C(=O)N2CCC[C@@H](Oc3ccncc3)C2)c1OC. The Kier molecular flexibility index (Phi) is 5.38. The monoisotopic (exact) mass is 342 g/mol. The van der Waals surface area contributed by atoms with Gasteiger partial charge >= 0.3 is 0 Å². The largest absolute Gasteiger partial charge is 0.493 e. The van der Waals surface area contributed by atoms with Crippen molar-refractivity contribution >= 4 is 5.91 Å². The quantitative estimate of drug-likeness (QED) is 0.836. The molecule has 0 N–H and O–H groups in total. The molecule has 0 saturated carbocycles. The predicted octanol–water partition coefficient (Wildman–Crippen LogP) is 2.78. The van der Waals surface area contributed by atoms with Crippen molar-refractivity contribution in [3.8, 4) is 17.2 Å². The number of carbonyl (C=O) groups is 1. The van der Waals surface area contributed by atoms with Gasteiger partial charge in [0.25, 0.3) is 5.91 Å². The lowest BCUT2D eigenvalue weighted by Crippen LogP contribution is -2.44. The average Bonchev–Trinajstić information content (AvgIpc) is 2.67. The summed E-state index contributed by atoms with van der Waals surface area (Å²) >= 11 is 0. The lowest BCUT2D eigenvalue weighted by molar-refractivity contribution is 0.0534. The van der Waals surface area contributed by atoms with Gasteiger partial charge in [-0.25, -0.2) is 0 Å². The number of benzene rings is 1. The van der Waals surface area contributed by atoms with Gasteiger partial charge in [-0.15, -0.1) is 0 Å².